The molecule has 0 bridgehead atoms. The molecule has 2 unspecified atom stereocenters. The average Bonchev–Trinajstić information content (AvgIpc) is 3.19. The zero-order chi connectivity index (χ0) is 44.9. The van der Waals surface area contributed by atoms with E-state index in [1.165, 1.54) is 20.5 Å². The molecule has 0 aliphatic carbocycles. The summed E-state index contributed by atoms with van der Waals surface area (Å²) in [6.07, 6.45) is -5.65. The van der Waals surface area contributed by atoms with Gasteiger partial charge in [-0.25, -0.2) is 0 Å². The van der Waals surface area contributed by atoms with Crippen molar-refractivity contribution in [1.29, 1.82) is 0 Å². The predicted octanol–water partition coefficient (Wildman–Crippen LogP) is 3.08. The third-order valence-electron chi connectivity index (χ3n) is 14.0. The molecule has 0 saturated carbocycles. The number of aliphatic hydroxyl groups excluding tert-OH is 3. The molecule has 16 heteroatoms. The fourth-order valence-corrected chi connectivity index (χ4v) is 10.1. The van der Waals surface area contributed by atoms with Gasteiger partial charge in [-0.2, -0.15) is 0 Å². The number of nitrogens with zero attached hydrogens (tertiary/aromatic N) is 3. The van der Waals surface area contributed by atoms with Gasteiger partial charge in [0.2, 0.25) is 0 Å². The smallest absolute Gasteiger partial charge is 0.311 e. The first kappa shape index (κ1) is 51.1. The maximum absolute atomic E-state index is 14.4. The predicted molar refractivity (Wildman–Crippen MR) is 225 cm³/mol. The number of ether oxygens (including phenoxy) is 6. The maximum atomic E-state index is 14.4. The molecule has 16 nitrogen and oxygen atoms in total. The lowest BCUT2D eigenvalue weighted by Crippen LogP contribution is -2.61. The summed E-state index contributed by atoms with van der Waals surface area (Å²) in [6.45, 7) is 20.3. The van der Waals surface area contributed by atoms with Gasteiger partial charge in [-0.3, -0.25) is 9.69 Å². The summed E-state index contributed by atoms with van der Waals surface area (Å²) < 4.78 is 37.9. The Labute approximate surface area is 359 Å². The lowest BCUT2D eigenvalue weighted by atomic mass is 9.73. The van der Waals surface area contributed by atoms with Gasteiger partial charge in [0, 0.05) is 43.9 Å². The van der Waals surface area contributed by atoms with E-state index in [9.17, 15) is 30.3 Å². The second-order valence-electron chi connectivity index (χ2n) is 19.3. The van der Waals surface area contributed by atoms with E-state index in [0.717, 1.165) is 25.9 Å². The number of aliphatic hydroxyl groups is 5. The highest BCUT2D eigenvalue weighted by Crippen LogP contribution is 2.41. The number of cyclic esters (lactones) is 1. The molecule has 4 fully saturated rings. The van der Waals surface area contributed by atoms with Crippen LogP contribution in [0.1, 0.15) is 114 Å². The van der Waals surface area contributed by atoms with Gasteiger partial charge < -0.3 is 63.7 Å². The Morgan fingerprint density at radius 1 is 0.900 bits per heavy atom. The number of likely N-dealkylation sites (tertiary alicyclic amines) is 1. The zero-order valence-electron chi connectivity index (χ0n) is 38.8. The monoisotopic (exact) mass is 860 g/mol. The van der Waals surface area contributed by atoms with Gasteiger partial charge in [-0.05, 0) is 101 Å². The highest BCUT2D eigenvalue weighted by Gasteiger charge is 2.53. The molecule has 0 aromatic heterocycles. The van der Waals surface area contributed by atoms with Crippen molar-refractivity contribution in [3.63, 3.8) is 0 Å². The third kappa shape index (κ3) is 12.0. The minimum Gasteiger partial charge on any atom is -0.459 e. The Balaban J connectivity index is 1.83. The number of rotatable bonds is 11. The molecule has 4 aliphatic rings. The van der Waals surface area contributed by atoms with Crippen LogP contribution in [0.3, 0.4) is 0 Å². The molecular formula is C44H81N3O13. The van der Waals surface area contributed by atoms with Crippen molar-refractivity contribution >= 4 is 11.7 Å². The highest BCUT2D eigenvalue weighted by atomic mass is 16.7. The number of likely N-dealkylation sites (N-methyl/N-ethyl adjacent to an activating group) is 1. The first-order valence-electron chi connectivity index (χ1n) is 22.4. The summed E-state index contributed by atoms with van der Waals surface area (Å²) in [5.41, 5.74) is -4.29. The largest absolute Gasteiger partial charge is 0.459 e. The van der Waals surface area contributed by atoms with E-state index in [0.29, 0.717) is 25.3 Å². The van der Waals surface area contributed by atoms with Gasteiger partial charge in [0.05, 0.1) is 53.4 Å². The second kappa shape index (κ2) is 21.4. The molecule has 4 rings (SSSR count). The van der Waals surface area contributed by atoms with E-state index < -0.39 is 102 Å². The molecule has 4 heterocycles. The van der Waals surface area contributed by atoms with Crippen molar-refractivity contribution in [3.8, 4) is 0 Å². The molecule has 350 valence electrons. The van der Waals surface area contributed by atoms with Gasteiger partial charge in [-0.15, -0.1) is 0 Å². The molecule has 0 amide bonds. The van der Waals surface area contributed by atoms with Gasteiger partial charge in [0.25, 0.3) is 0 Å². The summed E-state index contributed by atoms with van der Waals surface area (Å²) in [5, 5.41) is 64.2. The van der Waals surface area contributed by atoms with E-state index in [1.54, 1.807) is 48.5 Å². The summed E-state index contributed by atoms with van der Waals surface area (Å²) in [7, 11) is 5.26. The minimum atomic E-state index is -1.93. The first-order chi connectivity index (χ1) is 28.0. The Bertz CT molecular complexity index is 1380. The summed E-state index contributed by atoms with van der Waals surface area (Å²) in [5.74, 6) is -3.92. The lowest BCUT2D eigenvalue weighted by Gasteiger charge is -2.49. The minimum absolute atomic E-state index is 0.0264. The van der Waals surface area contributed by atoms with Crippen LogP contribution in [0.25, 0.3) is 0 Å². The second-order valence-corrected chi connectivity index (χ2v) is 19.3. The van der Waals surface area contributed by atoms with E-state index in [2.05, 4.69) is 10.1 Å². The number of oxime groups is 1. The van der Waals surface area contributed by atoms with Crippen LogP contribution in [0.15, 0.2) is 5.16 Å². The van der Waals surface area contributed by atoms with Crippen molar-refractivity contribution in [3.05, 3.63) is 0 Å². The summed E-state index contributed by atoms with van der Waals surface area (Å²) >= 11 is 0. The molecule has 0 spiro atoms. The molecule has 4 aliphatic heterocycles. The topological polar surface area (TPSA) is 202 Å². The molecule has 5 N–H and O–H groups in total. The van der Waals surface area contributed by atoms with E-state index in [-0.39, 0.29) is 31.4 Å². The molecule has 0 aromatic carbocycles. The number of carbonyl (C=O) groups is 1. The quantitative estimate of drug-likeness (QED) is 0.115. The zero-order valence-corrected chi connectivity index (χ0v) is 38.8. The van der Waals surface area contributed by atoms with E-state index >= 15 is 0 Å². The van der Waals surface area contributed by atoms with Crippen LogP contribution in [0.2, 0.25) is 0 Å². The third-order valence-corrected chi connectivity index (χ3v) is 14.0. The molecular weight excluding hydrogens is 778 g/mol. The average molecular weight is 860 g/mol. The van der Waals surface area contributed by atoms with E-state index in [1.807, 2.05) is 32.8 Å². The number of esters is 1. The van der Waals surface area contributed by atoms with Crippen molar-refractivity contribution in [2.24, 2.45) is 28.8 Å². The number of hydrogen-bond acceptors (Lipinski definition) is 16. The number of hydrogen-bond donors (Lipinski definition) is 5. The van der Waals surface area contributed by atoms with Crippen LogP contribution in [-0.4, -0.2) is 179 Å². The lowest BCUT2D eigenvalue weighted by molar-refractivity contribution is -0.317. The van der Waals surface area contributed by atoms with Crippen molar-refractivity contribution < 1.29 is 63.6 Å². The van der Waals surface area contributed by atoms with Crippen LogP contribution in [0, 0.1) is 23.7 Å². The van der Waals surface area contributed by atoms with Crippen LogP contribution in [-0.2, 0) is 38.1 Å². The van der Waals surface area contributed by atoms with Crippen molar-refractivity contribution in [2.45, 2.75) is 198 Å². The summed E-state index contributed by atoms with van der Waals surface area (Å²) in [4.78, 5) is 24.6. The molecule has 0 aromatic rings. The normalized spacial score (nSPS) is 46.5. The Hall–Kier alpha value is -1.54. The SMILES string of the molecule is CCC1OC(=O)[C@H](C)C(O[C@H]2C[C@@](C)(OC)[C@@H](O)[C@H](C)O2)[C@H](C)[C@@H](O[C@@H]2O[C@H](C)C[C@H](N(C)C)[C@H]2O)[C@](C)(O)C[C@@H](C)/C(=N\OCCN2CCCCC2)[C@H](C)[C@@H](O)[C@]1(C)O. The Morgan fingerprint density at radius 3 is 2.15 bits per heavy atom. The number of piperidine rings is 1. The summed E-state index contributed by atoms with van der Waals surface area (Å²) in [6, 6.07) is -0.311. The maximum Gasteiger partial charge on any atom is 0.311 e. The van der Waals surface area contributed by atoms with Crippen LogP contribution >= 0.6 is 0 Å². The molecule has 4 saturated heterocycles. The fourth-order valence-electron chi connectivity index (χ4n) is 10.1. The van der Waals surface area contributed by atoms with Gasteiger partial charge in [0.15, 0.2) is 12.6 Å². The van der Waals surface area contributed by atoms with Crippen LogP contribution in [0.4, 0.5) is 0 Å². The number of carbonyl (C=O) groups excluding carboxylic acids is 1. The first-order valence-corrected chi connectivity index (χ1v) is 22.4. The fraction of sp³-hybridized carbons (Fsp3) is 0.955. The molecule has 18 atom stereocenters. The Kier molecular flexibility index (Phi) is 18.2. The van der Waals surface area contributed by atoms with Gasteiger partial charge in [-0.1, -0.05) is 39.3 Å². The van der Waals surface area contributed by atoms with Gasteiger partial charge in [0.1, 0.15) is 30.5 Å². The molecule has 0 radical (unpaired) electrons. The molecule has 60 heavy (non-hydrogen) atoms. The van der Waals surface area contributed by atoms with E-state index in [4.69, 9.17) is 33.3 Å². The van der Waals surface area contributed by atoms with Crippen molar-refractivity contribution in [2.75, 3.05) is 47.4 Å². The van der Waals surface area contributed by atoms with Crippen LogP contribution < -0.4 is 0 Å². The Morgan fingerprint density at radius 2 is 1.55 bits per heavy atom. The highest BCUT2D eigenvalue weighted by molar-refractivity contribution is 5.88. The van der Waals surface area contributed by atoms with Crippen LogP contribution in [0.5, 0.6) is 0 Å². The van der Waals surface area contributed by atoms with Gasteiger partial charge >= 0.3 is 5.97 Å². The number of methoxy groups -OCH3 is 1. The van der Waals surface area contributed by atoms with Crippen molar-refractivity contribution in [1.82, 2.24) is 9.80 Å². The standard InChI is InChI=1S/C44H81N3O13/c1-14-32-44(10,53)37(49)27(4)34(45-55-21-20-47-18-16-15-17-19-47)25(2)23-42(8,52)39(60-41-35(48)31(46(11)12)22-26(3)56-41)28(5)36(29(6)40(51)58-32)59-33-24-43(9,54-13)38(50)30(7)57-33/h25-33,35-39,41,48-50,52-53H,14-24H2,1-13H3/b45-34+/t25-,26-,27+,28+,29-,30+,31+,32?,33+,35-,36?,37-,38+,39-,41+,42-,43-,44-/m1/s1.